The number of carbonyl (C=O) groups is 10. The summed E-state index contributed by atoms with van der Waals surface area (Å²) in [5.41, 5.74) is 6.87. The van der Waals surface area contributed by atoms with Crippen molar-refractivity contribution in [1.29, 1.82) is 0 Å². The molecule has 2 aromatic carbocycles. The Labute approximate surface area is 536 Å². The van der Waals surface area contributed by atoms with E-state index in [0.717, 1.165) is 46.1 Å². The van der Waals surface area contributed by atoms with Gasteiger partial charge in [-0.3, -0.25) is 62.3 Å². The summed E-state index contributed by atoms with van der Waals surface area (Å²) in [6, 6.07) is 8.69. The van der Waals surface area contributed by atoms with Crippen LogP contribution in [0.25, 0.3) is 0 Å². The van der Waals surface area contributed by atoms with Gasteiger partial charge in [-0.25, -0.2) is 4.98 Å². The van der Waals surface area contributed by atoms with Gasteiger partial charge in [-0.1, -0.05) is 83.0 Å². The number of rotatable bonds is 32. The van der Waals surface area contributed by atoms with E-state index in [4.69, 9.17) is 10.5 Å². The maximum absolute atomic E-state index is 15.0. The molecule has 2 saturated heterocycles. The molecule has 0 spiro atoms. The van der Waals surface area contributed by atoms with Crippen LogP contribution in [0, 0.1) is 11.8 Å². The van der Waals surface area contributed by atoms with Gasteiger partial charge in [0.15, 0.2) is 6.10 Å². The van der Waals surface area contributed by atoms with Crippen molar-refractivity contribution in [3.63, 3.8) is 0 Å². The highest BCUT2D eigenvalue weighted by Crippen LogP contribution is 2.32. The summed E-state index contributed by atoms with van der Waals surface area (Å²) >= 11 is 1.02. The summed E-state index contributed by atoms with van der Waals surface area (Å²) in [4.78, 5) is 151. The Kier molecular flexibility index (Phi) is 27.2. The summed E-state index contributed by atoms with van der Waals surface area (Å²) in [5, 5.41) is 10.5. The SMILES string of the molecule is CC[C@H](C)[C@H](NC(=O)[C@H]1CCCCN1C)C(=O)N(C)[C@H](C[C@@H](OC(C)=O)c1nc(C(=O)N(C)[C@@H](Cc2ccc(OS(=O)(=O)O)cc2)C(=O)N[C@H](CCCCN)C(=O)N[C@@H](Cc2ccccc2)C(=O)N2CCN(C(=O)CCCN3C(=O)C=CC3=O)CC2)cs1)C(C)C. The van der Waals surface area contributed by atoms with Crippen LogP contribution in [0.1, 0.15) is 132 Å². The minimum absolute atomic E-state index is 0.0561. The Morgan fingerprint density at radius 1 is 0.802 bits per heavy atom. The number of thiazole rings is 1. The third-order valence-electron chi connectivity index (χ3n) is 17.0. The molecule has 6 rings (SSSR count). The van der Waals surface area contributed by atoms with Gasteiger partial charge in [0.05, 0.1) is 6.04 Å². The van der Waals surface area contributed by atoms with Gasteiger partial charge in [0, 0.05) is 103 Å². The minimum Gasteiger partial charge on any atom is -0.455 e. The number of aromatic nitrogens is 1. The number of likely N-dealkylation sites (N-methyl/N-ethyl adjacent to an activating group) is 3. The van der Waals surface area contributed by atoms with Crippen LogP contribution in [-0.2, 0) is 71.1 Å². The highest BCUT2D eigenvalue weighted by Gasteiger charge is 2.40. The summed E-state index contributed by atoms with van der Waals surface area (Å²) < 4.78 is 42.9. The zero-order chi connectivity index (χ0) is 66.7. The first-order valence-electron chi connectivity index (χ1n) is 31.1. The summed E-state index contributed by atoms with van der Waals surface area (Å²) in [7, 11) is 0.0164. The molecule has 91 heavy (non-hydrogen) atoms. The van der Waals surface area contributed by atoms with Gasteiger partial charge >= 0.3 is 16.4 Å². The number of nitrogens with zero attached hydrogens (tertiary/aromatic N) is 7. The van der Waals surface area contributed by atoms with Crippen LogP contribution in [0.5, 0.6) is 5.75 Å². The fourth-order valence-corrected chi connectivity index (χ4v) is 12.6. The molecular weight excluding hydrogens is 1210 g/mol. The summed E-state index contributed by atoms with van der Waals surface area (Å²) in [5.74, 6) is -5.63. The lowest BCUT2D eigenvalue weighted by Crippen LogP contribution is -2.59. The van der Waals surface area contributed by atoms with Crippen molar-refractivity contribution in [3.8, 4) is 5.75 Å². The second-order valence-electron chi connectivity index (χ2n) is 23.9. The van der Waals surface area contributed by atoms with Crippen molar-refractivity contribution in [2.75, 3.05) is 67.0 Å². The number of amides is 9. The number of benzene rings is 2. The van der Waals surface area contributed by atoms with Crippen molar-refractivity contribution in [2.45, 2.75) is 154 Å². The zero-order valence-corrected chi connectivity index (χ0v) is 54.9. The second-order valence-corrected chi connectivity index (χ2v) is 25.8. The Balaban J connectivity index is 1.23. The predicted octanol–water partition coefficient (Wildman–Crippen LogP) is 3.22. The monoisotopic (exact) mass is 1300 g/mol. The molecule has 0 saturated carbocycles. The van der Waals surface area contributed by atoms with Gasteiger partial charge < -0.3 is 50.2 Å². The van der Waals surface area contributed by atoms with E-state index in [1.807, 2.05) is 45.7 Å². The van der Waals surface area contributed by atoms with Gasteiger partial charge in [0.1, 0.15) is 40.6 Å². The molecule has 9 amide bonds. The van der Waals surface area contributed by atoms with E-state index in [-0.39, 0.29) is 130 Å². The van der Waals surface area contributed by atoms with Gasteiger partial charge in [-0.15, -0.1) is 11.3 Å². The van der Waals surface area contributed by atoms with E-state index in [9.17, 15) is 56.1 Å². The molecule has 3 aromatic rings. The molecule has 26 nitrogen and oxygen atoms in total. The molecule has 0 aliphatic carbocycles. The number of piperidine rings is 1. The van der Waals surface area contributed by atoms with Crippen molar-refractivity contribution < 1.29 is 69.8 Å². The average Bonchev–Trinajstić information content (AvgIpc) is 1.95. The zero-order valence-electron chi connectivity index (χ0n) is 53.2. The lowest BCUT2D eigenvalue weighted by Gasteiger charge is -2.38. The maximum atomic E-state index is 15.0. The van der Waals surface area contributed by atoms with Gasteiger partial charge in [-0.05, 0) is 93.8 Å². The number of likely N-dealkylation sites (tertiary alicyclic amines) is 1. The van der Waals surface area contributed by atoms with E-state index in [1.165, 1.54) is 55.8 Å². The van der Waals surface area contributed by atoms with Crippen LogP contribution in [0.2, 0.25) is 0 Å². The smallest absolute Gasteiger partial charge is 0.446 e. The van der Waals surface area contributed by atoms with Gasteiger partial charge in [-0.2, -0.15) is 8.42 Å². The molecule has 2 fully saturated rings. The van der Waals surface area contributed by atoms with E-state index in [1.54, 1.807) is 46.0 Å². The number of esters is 1. The number of ether oxygens (including phenoxy) is 1. The minimum atomic E-state index is -4.90. The first-order valence-corrected chi connectivity index (χ1v) is 33.3. The lowest BCUT2D eigenvalue weighted by molar-refractivity contribution is -0.149. The fraction of sp³-hybridized carbons (Fsp3) is 0.571. The molecule has 3 aliphatic rings. The third-order valence-corrected chi connectivity index (χ3v) is 18.3. The number of piperazine rings is 1. The predicted molar refractivity (Wildman–Crippen MR) is 338 cm³/mol. The summed E-state index contributed by atoms with van der Waals surface area (Å²) in [6.45, 7) is 10.7. The molecular formula is C63H89N11O15S2. The molecule has 28 heteroatoms. The van der Waals surface area contributed by atoms with Crippen LogP contribution in [0.3, 0.4) is 0 Å². The maximum Gasteiger partial charge on any atom is 0.446 e. The average molecular weight is 1300 g/mol. The van der Waals surface area contributed by atoms with Gasteiger partial charge in [0.2, 0.25) is 35.4 Å². The number of carbonyl (C=O) groups excluding carboxylic acids is 10. The number of nitrogens with two attached hydrogens (primary N) is 1. The van der Waals surface area contributed by atoms with Crippen molar-refractivity contribution in [3.05, 3.63) is 94.0 Å². The van der Waals surface area contributed by atoms with Crippen molar-refractivity contribution in [2.24, 2.45) is 17.6 Å². The van der Waals surface area contributed by atoms with Gasteiger partial charge in [0.25, 0.3) is 17.7 Å². The number of hydrogen-bond acceptors (Lipinski definition) is 18. The molecule has 0 radical (unpaired) electrons. The fourth-order valence-electron chi connectivity index (χ4n) is 11.5. The van der Waals surface area contributed by atoms with Crippen LogP contribution in [0.15, 0.2) is 72.1 Å². The number of imide groups is 1. The molecule has 3 aliphatic heterocycles. The highest BCUT2D eigenvalue weighted by molar-refractivity contribution is 7.81. The molecule has 498 valence electrons. The molecule has 4 heterocycles. The number of unbranched alkanes of at least 4 members (excludes halogenated alkanes) is 1. The lowest BCUT2D eigenvalue weighted by atomic mass is 9.92. The molecule has 0 unspecified atom stereocenters. The molecule has 8 atom stereocenters. The summed E-state index contributed by atoms with van der Waals surface area (Å²) in [6.07, 6.45) is 5.57. The Hall–Kier alpha value is -7.66. The third kappa shape index (κ3) is 20.9. The highest BCUT2D eigenvalue weighted by atomic mass is 32.3. The van der Waals surface area contributed by atoms with Crippen molar-refractivity contribution >= 4 is 80.9 Å². The Morgan fingerprint density at radius 2 is 1.44 bits per heavy atom. The van der Waals surface area contributed by atoms with Crippen LogP contribution in [0.4, 0.5) is 0 Å². The molecule has 6 N–H and O–H groups in total. The molecule has 0 bridgehead atoms. The number of hydrogen-bond donors (Lipinski definition) is 5. The topological polar surface area (TPSA) is 338 Å². The first-order chi connectivity index (χ1) is 43.2. The van der Waals surface area contributed by atoms with Crippen LogP contribution < -0.4 is 25.9 Å². The van der Waals surface area contributed by atoms with E-state index < -0.39 is 88.1 Å². The standard InChI is InChI=1S/C63H89N11O15S2/c1-9-41(4)56(68-58(80)49-21-14-16-30-69(49)6)63(84)70(7)50(40(2)3)38-52(88-42(5)75)60-67-48(39-90-60)61(82)71(8)51(37-44-23-25-45(26-24-44)89-91(85,86)87)59(81)65-46(20-13-15-29-64)57(79)66-47(36-43-18-11-10-12-19-43)62(83)73-34-32-72(33-35-73)53(76)22-17-31-74-54(77)27-28-55(74)78/h10-12,18-19,23-28,39-41,46-47,49-52,56H,9,13-17,20-22,29-38,64H2,1-8H3,(H,65,81)(H,66,79)(H,68,80)(H,85,86,87)/t41-,46+,47-,49+,50+,51-,52+,56-/m0/s1. The van der Waals surface area contributed by atoms with E-state index in [2.05, 4.69) is 25.1 Å². The first kappa shape index (κ1) is 72.4. The normalized spacial score (nSPS) is 17.7. The number of nitrogens with one attached hydrogen (secondary N) is 3. The van der Waals surface area contributed by atoms with Crippen molar-refractivity contribution in [1.82, 2.24) is 50.3 Å². The van der Waals surface area contributed by atoms with E-state index >= 15 is 4.79 Å². The largest absolute Gasteiger partial charge is 0.455 e. The van der Waals surface area contributed by atoms with Crippen LogP contribution in [-0.4, -0.2) is 210 Å². The quantitative estimate of drug-likeness (QED) is 0.0259. The van der Waals surface area contributed by atoms with Crippen LogP contribution >= 0.6 is 11.3 Å². The second kappa shape index (κ2) is 34.1. The van der Waals surface area contributed by atoms with E-state index in [0.29, 0.717) is 31.2 Å². The Morgan fingerprint density at radius 3 is 2.04 bits per heavy atom. The molecule has 1 aromatic heterocycles. The Bertz CT molecular complexity index is 3160.